The Labute approximate surface area is 154 Å². The van der Waals surface area contributed by atoms with Crippen LogP contribution < -0.4 is 10.6 Å². The summed E-state index contributed by atoms with van der Waals surface area (Å²) in [4.78, 5) is 35.5. The van der Waals surface area contributed by atoms with Crippen LogP contribution in [0.4, 0.5) is 0 Å². The number of aliphatic carboxylic acids is 1. The molecule has 0 spiro atoms. The number of amides is 2. The van der Waals surface area contributed by atoms with Gasteiger partial charge in [-0.3, -0.25) is 9.59 Å². The molecule has 3 N–H and O–H groups in total. The van der Waals surface area contributed by atoms with Crippen LogP contribution >= 0.6 is 0 Å². The number of ether oxygens (including phenoxy) is 1. The van der Waals surface area contributed by atoms with Gasteiger partial charge in [-0.05, 0) is 58.9 Å². The van der Waals surface area contributed by atoms with Crippen LogP contribution in [0.1, 0.15) is 61.8 Å². The van der Waals surface area contributed by atoms with E-state index in [1.807, 2.05) is 34.6 Å². The van der Waals surface area contributed by atoms with E-state index in [4.69, 9.17) is 4.74 Å². The summed E-state index contributed by atoms with van der Waals surface area (Å²) in [7, 11) is 0. The van der Waals surface area contributed by atoms with Crippen LogP contribution in [0.15, 0.2) is 24.3 Å². The van der Waals surface area contributed by atoms with E-state index in [1.54, 1.807) is 0 Å². The van der Waals surface area contributed by atoms with Crippen LogP contribution in [-0.2, 0) is 9.53 Å². The Balaban J connectivity index is 2.69. The summed E-state index contributed by atoms with van der Waals surface area (Å²) in [5, 5.41) is 14.5. The Morgan fingerprint density at radius 3 is 1.85 bits per heavy atom. The zero-order valence-electron chi connectivity index (χ0n) is 16.0. The van der Waals surface area contributed by atoms with E-state index in [0.717, 1.165) is 0 Å². The highest BCUT2D eigenvalue weighted by Crippen LogP contribution is 2.09. The molecule has 1 unspecified atom stereocenters. The van der Waals surface area contributed by atoms with Crippen LogP contribution in [0, 0.1) is 0 Å². The molecule has 0 aliphatic carbocycles. The number of carboxylic acid groups (broad SMARTS) is 1. The first-order valence-electron chi connectivity index (χ1n) is 8.58. The quantitative estimate of drug-likeness (QED) is 0.656. The number of benzene rings is 1. The molecule has 1 rings (SSSR count). The van der Waals surface area contributed by atoms with Crippen molar-refractivity contribution in [1.29, 1.82) is 0 Å². The highest BCUT2D eigenvalue weighted by molar-refractivity contribution is 5.99. The van der Waals surface area contributed by atoms with Crippen LogP contribution in [0.5, 0.6) is 0 Å². The van der Waals surface area contributed by atoms with Gasteiger partial charge < -0.3 is 20.5 Å². The largest absolute Gasteiger partial charge is 0.480 e. The summed E-state index contributed by atoms with van der Waals surface area (Å²) in [6, 6.07) is 5.02. The Kier molecular flexibility index (Phi) is 7.76. The Morgan fingerprint density at radius 1 is 1.00 bits per heavy atom. The fourth-order valence-corrected chi connectivity index (χ4v) is 2.10. The molecule has 0 radical (unpaired) electrons. The van der Waals surface area contributed by atoms with Crippen LogP contribution in [0.2, 0.25) is 0 Å². The molecule has 0 bridgehead atoms. The first-order chi connectivity index (χ1) is 12.0. The number of nitrogens with one attached hydrogen (secondary N) is 2. The summed E-state index contributed by atoms with van der Waals surface area (Å²) in [6.07, 6.45) is 0.160. The summed E-state index contributed by atoms with van der Waals surface area (Å²) < 4.78 is 5.51. The highest BCUT2D eigenvalue weighted by atomic mass is 16.5. The van der Waals surface area contributed by atoms with Crippen molar-refractivity contribution in [2.45, 2.75) is 58.7 Å². The van der Waals surface area contributed by atoms with Crippen molar-refractivity contribution in [3.05, 3.63) is 35.4 Å². The zero-order valence-corrected chi connectivity index (χ0v) is 16.0. The van der Waals surface area contributed by atoms with E-state index >= 15 is 0 Å². The van der Waals surface area contributed by atoms with Crippen LogP contribution in [-0.4, -0.2) is 47.2 Å². The van der Waals surface area contributed by atoms with Gasteiger partial charge in [-0.25, -0.2) is 4.79 Å². The van der Waals surface area contributed by atoms with Gasteiger partial charge in [0.2, 0.25) is 0 Å². The maximum Gasteiger partial charge on any atom is 0.326 e. The maximum atomic E-state index is 12.3. The predicted octanol–water partition coefficient (Wildman–Crippen LogP) is 2.21. The zero-order chi connectivity index (χ0) is 19.9. The molecule has 2 amide bonds. The van der Waals surface area contributed by atoms with Crippen molar-refractivity contribution in [2.24, 2.45) is 0 Å². The van der Waals surface area contributed by atoms with E-state index in [0.29, 0.717) is 5.56 Å². The molecule has 1 aromatic carbocycles. The first-order valence-corrected chi connectivity index (χ1v) is 8.58. The molecule has 7 heteroatoms. The smallest absolute Gasteiger partial charge is 0.326 e. The molecule has 0 saturated heterocycles. The molecule has 0 aromatic heterocycles. The third-order valence-corrected chi connectivity index (χ3v) is 3.37. The van der Waals surface area contributed by atoms with Crippen molar-refractivity contribution in [3.63, 3.8) is 0 Å². The summed E-state index contributed by atoms with van der Waals surface area (Å²) >= 11 is 0. The van der Waals surface area contributed by atoms with Crippen LogP contribution in [0.3, 0.4) is 0 Å². The molecular weight excluding hydrogens is 336 g/mol. The third-order valence-electron chi connectivity index (χ3n) is 3.37. The molecule has 1 aromatic rings. The van der Waals surface area contributed by atoms with E-state index in [1.165, 1.54) is 24.3 Å². The number of carbonyl (C=O) groups excluding carboxylic acids is 2. The van der Waals surface area contributed by atoms with Gasteiger partial charge in [0.1, 0.15) is 6.04 Å². The second kappa shape index (κ2) is 9.33. The van der Waals surface area contributed by atoms with Gasteiger partial charge in [0.05, 0.1) is 5.60 Å². The van der Waals surface area contributed by atoms with Crippen molar-refractivity contribution < 1.29 is 24.2 Å². The Bertz CT molecular complexity index is 632. The molecule has 0 saturated carbocycles. The minimum absolute atomic E-state index is 0.0112. The van der Waals surface area contributed by atoms with Gasteiger partial charge in [0, 0.05) is 30.2 Å². The predicted molar refractivity (Wildman–Crippen MR) is 98.3 cm³/mol. The molecule has 7 nitrogen and oxygen atoms in total. The van der Waals surface area contributed by atoms with Gasteiger partial charge in [-0.2, -0.15) is 0 Å². The van der Waals surface area contributed by atoms with E-state index in [-0.39, 0.29) is 36.1 Å². The minimum atomic E-state index is -1.12. The Morgan fingerprint density at radius 2 is 1.46 bits per heavy atom. The average Bonchev–Trinajstić information content (AvgIpc) is 2.52. The normalized spacial score (nSPS) is 12.5. The van der Waals surface area contributed by atoms with Crippen molar-refractivity contribution in [1.82, 2.24) is 10.6 Å². The molecule has 144 valence electrons. The molecule has 1 atom stereocenters. The molecule has 0 aliphatic heterocycles. The second-order valence-corrected chi connectivity index (χ2v) is 7.32. The van der Waals surface area contributed by atoms with Gasteiger partial charge in [-0.15, -0.1) is 0 Å². The van der Waals surface area contributed by atoms with Crippen molar-refractivity contribution >= 4 is 17.8 Å². The lowest BCUT2D eigenvalue weighted by Gasteiger charge is -2.21. The van der Waals surface area contributed by atoms with Crippen molar-refractivity contribution in [2.75, 3.05) is 6.61 Å². The fraction of sp³-hybridized carbons (Fsp3) is 0.526. The Hall–Kier alpha value is -2.41. The number of rotatable bonds is 8. The lowest BCUT2D eigenvalue weighted by atomic mass is 10.1. The van der Waals surface area contributed by atoms with Gasteiger partial charge in [-0.1, -0.05) is 0 Å². The monoisotopic (exact) mass is 364 g/mol. The summed E-state index contributed by atoms with van der Waals surface area (Å²) in [5.41, 5.74) is 0.345. The standard InChI is InChI=1S/C19H28N2O5/c1-12(2)20-16(22)13-6-8-14(9-7-13)17(23)21-15(18(24)25)10-11-26-19(3,4)5/h6-9,12,15H,10-11H2,1-5H3,(H,20,22)(H,21,23)(H,24,25). The number of hydrogen-bond acceptors (Lipinski definition) is 4. The third kappa shape index (κ3) is 7.65. The number of hydrogen-bond donors (Lipinski definition) is 3. The van der Waals surface area contributed by atoms with E-state index in [9.17, 15) is 19.5 Å². The molecule has 0 heterocycles. The SMILES string of the molecule is CC(C)NC(=O)c1ccc(C(=O)NC(CCOC(C)(C)C)C(=O)O)cc1. The summed E-state index contributed by atoms with van der Waals surface area (Å²) in [6.45, 7) is 9.55. The topological polar surface area (TPSA) is 105 Å². The fourth-order valence-electron chi connectivity index (χ4n) is 2.10. The van der Waals surface area contributed by atoms with Gasteiger partial charge >= 0.3 is 5.97 Å². The lowest BCUT2D eigenvalue weighted by molar-refractivity contribution is -0.140. The average molecular weight is 364 g/mol. The molecule has 0 aliphatic rings. The molecule has 26 heavy (non-hydrogen) atoms. The highest BCUT2D eigenvalue weighted by Gasteiger charge is 2.22. The number of carboxylic acids is 1. The molecular formula is C19H28N2O5. The second-order valence-electron chi connectivity index (χ2n) is 7.32. The lowest BCUT2D eigenvalue weighted by Crippen LogP contribution is -2.42. The van der Waals surface area contributed by atoms with Gasteiger partial charge in [0.15, 0.2) is 0 Å². The van der Waals surface area contributed by atoms with E-state index < -0.39 is 17.9 Å². The summed E-state index contributed by atoms with van der Waals surface area (Å²) in [5.74, 6) is -1.86. The number of carbonyl (C=O) groups is 3. The van der Waals surface area contributed by atoms with Crippen LogP contribution in [0.25, 0.3) is 0 Å². The molecule has 0 fully saturated rings. The van der Waals surface area contributed by atoms with Gasteiger partial charge in [0.25, 0.3) is 11.8 Å². The first kappa shape index (κ1) is 21.6. The van der Waals surface area contributed by atoms with Crippen molar-refractivity contribution in [3.8, 4) is 0 Å². The maximum absolute atomic E-state index is 12.3. The minimum Gasteiger partial charge on any atom is -0.480 e. The van der Waals surface area contributed by atoms with E-state index in [2.05, 4.69) is 10.6 Å².